The summed E-state index contributed by atoms with van der Waals surface area (Å²) in [5.74, 6) is -1.31. The molecule has 0 fully saturated rings. The second-order valence-electron chi connectivity index (χ2n) is 4.41. The number of aromatic nitrogens is 1. The molecule has 1 aromatic heterocycles. The lowest BCUT2D eigenvalue weighted by Gasteiger charge is -2.31. The highest BCUT2D eigenvalue weighted by atomic mass is 16.4. The van der Waals surface area contributed by atoms with Crippen LogP contribution in [-0.4, -0.2) is 39.0 Å². The van der Waals surface area contributed by atoms with Crippen molar-refractivity contribution < 1.29 is 14.7 Å². The van der Waals surface area contributed by atoms with Gasteiger partial charge in [-0.15, -0.1) is 0 Å². The Hall–Kier alpha value is -1.78. The van der Waals surface area contributed by atoms with Crippen LogP contribution in [0.15, 0.2) is 18.3 Å². The summed E-state index contributed by atoms with van der Waals surface area (Å²) in [5.41, 5.74) is -0.718. The van der Waals surface area contributed by atoms with Crippen LogP contribution in [0.1, 0.15) is 31.3 Å². The highest BCUT2D eigenvalue weighted by Gasteiger charge is 2.36. The smallest absolute Gasteiger partial charge is 0.329 e. The van der Waals surface area contributed by atoms with Gasteiger partial charge in [0.25, 0.3) is 5.91 Å². The molecule has 0 radical (unpaired) electrons. The van der Waals surface area contributed by atoms with Crippen LogP contribution >= 0.6 is 0 Å². The summed E-state index contributed by atoms with van der Waals surface area (Å²) in [7, 11) is 1.50. The molecule has 0 aliphatic carbocycles. The van der Waals surface area contributed by atoms with E-state index in [4.69, 9.17) is 5.11 Å². The highest BCUT2D eigenvalue weighted by Crippen LogP contribution is 2.16. The largest absolute Gasteiger partial charge is 0.480 e. The lowest BCUT2D eigenvalue weighted by molar-refractivity contribution is -0.147. The fraction of sp³-hybridized carbons (Fsp3) is 0.500. The SMILES string of the molecule is CCn1cccc1C(=O)N(C)C(C)(C)C(=O)O. The fourth-order valence-electron chi connectivity index (χ4n) is 1.45. The first-order valence-corrected chi connectivity index (χ1v) is 5.49. The zero-order valence-electron chi connectivity index (χ0n) is 10.6. The number of amides is 1. The molecule has 0 aliphatic heterocycles. The number of aliphatic carboxylic acids is 1. The maximum absolute atomic E-state index is 12.2. The summed E-state index contributed by atoms with van der Waals surface area (Å²) in [5, 5.41) is 9.08. The molecule has 0 spiro atoms. The molecular formula is C12H18N2O3. The van der Waals surface area contributed by atoms with Crippen LogP contribution in [-0.2, 0) is 11.3 Å². The lowest BCUT2D eigenvalue weighted by atomic mass is 10.0. The molecule has 1 aromatic rings. The first-order valence-electron chi connectivity index (χ1n) is 5.49. The monoisotopic (exact) mass is 238 g/mol. The van der Waals surface area contributed by atoms with Crippen LogP contribution in [0.3, 0.4) is 0 Å². The maximum Gasteiger partial charge on any atom is 0.329 e. The van der Waals surface area contributed by atoms with Crippen molar-refractivity contribution in [1.29, 1.82) is 0 Å². The van der Waals surface area contributed by atoms with Crippen LogP contribution in [0, 0.1) is 0 Å². The van der Waals surface area contributed by atoms with Crippen molar-refractivity contribution in [2.45, 2.75) is 32.9 Å². The molecule has 1 N–H and O–H groups in total. The van der Waals surface area contributed by atoms with E-state index in [0.717, 1.165) is 0 Å². The topological polar surface area (TPSA) is 62.5 Å². The number of likely N-dealkylation sites (N-methyl/N-ethyl adjacent to an activating group) is 1. The number of nitrogens with zero attached hydrogens (tertiary/aromatic N) is 2. The third kappa shape index (κ3) is 2.33. The number of carboxylic acids is 1. The van der Waals surface area contributed by atoms with Gasteiger partial charge in [-0.05, 0) is 32.9 Å². The molecular weight excluding hydrogens is 220 g/mol. The Morgan fingerprint density at radius 1 is 1.47 bits per heavy atom. The first-order chi connectivity index (χ1) is 7.82. The Kier molecular flexibility index (Phi) is 3.60. The predicted octanol–water partition coefficient (Wildman–Crippen LogP) is 1.44. The quantitative estimate of drug-likeness (QED) is 0.863. The van der Waals surface area contributed by atoms with Crippen LogP contribution in [0.25, 0.3) is 0 Å². The number of hydrogen-bond donors (Lipinski definition) is 1. The van der Waals surface area contributed by atoms with Gasteiger partial charge in [0.2, 0.25) is 0 Å². The van der Waals surface area contributed by atoms with E-state index in [2.05, 4.69) is 0 Å². The summed E-state index contributed by atoms with van der Waals surface area (Å²) in [6.07, 6.45) is 1.80. The molecule has 0 saturated heterocycles. The Labute approximate surface area is 101 Å². The van der Waals surface area contributed by atoms with E-state index in [-0.39, 0.29) is 5.91 Å². The van der Waals surface area contributed by atoms with Gasteiger partial charge in [-0.1, -0.05) is 0 Å². The van der Waals surface area contributed by atoms with Gasteiger partial charge in [-0.3, -0.25) is 4.79 Å². The average molecular weight is 238 g/mol. The number of aryl methyl sites for hydroxylation is 1. The third-order valence-corrected chi connectivity index (χ3v) is 3.06. The summed E-state index contributed by atoms with van der Waals surface area (Å²) < 4.78 is 1.79. The van der Waals surface area contributed by atoms with Crippen LogP contribution < -0.4 is 0 Å². The fourth-order valence-corrected chi connectivity index (χ4v) is 1.45. The second kappa shape index (κ2) is 4.61. The molecule has 0 unspecified atom stereocenters. The van der Waals surface area contributed by atoms with Gasteiger partial charge in [-0.25, -0.2) is 4.79 Å². The highest BCUT2D eigenvalue weighted by molar-refractivity contribution is 5.96. The summed E-state index contributed by atoms with van der Waals surface area (Å²) in [6, 6.07) is 3.47. The van der Waals surface area contributed by atoms with Gasteiger partial charge in [0.15, 0.2) is 0 Å². The molecule has 0 aromatic carbocycles. The Morgan fingerprint density at radius 2 is 2.06 bits per heavy atom. The van der Waals surface area contributed by atoms with E-state index in [9.17, 15) is 9.59 Å². The van der Waals surface area contributed by atoms with E-state index in [1.807, 2.05) is 6.92 Å². The average Bonchev–Trinajstić information content (AvgIpc) is 2.74. The number of rotatable bonds is 4. The van der Waals surface area contributed by atoms with E-state index < -0.39 is 11.5 Å². The Balaban J connectivity index is 3.02. The van der Waals surface area contributed by atoms with Gasteiger partial charge in [-0.2, -0.15) is 0 Å². The zero-order chi connectivity index (χ0) is 13.2. The minimum absolute atomic E-state index is 0.288. The summed E-state index contributed by atoms with van der Waals surface area (Å²) >= 11 is 0. The third-order valence-electron chi connectivity index (χ3n) is 3.06. The number of carbonyl (C=O) groups excluding carboxylic acids is 1. The molecule has 0 bridgehead atoms. The van der Waals surface area contributed by atoms with Crippen molar-refractivity contribution in [3.05, 3.63) is 24.0 Å². The van der Waals surface area contributed by atoms with Crippen molar-refractivity contribution in [1.82, 2.24) is 9.47 Å². The lowest BCUT2D eigenvalue weighted by Crippen LogP contribution is -2.51. The van der Waals surface area contributed by atoms with E-state index in [1.54, 1.807) is 22.9 Å². The van der Waals surface area contributed by atoms with Gasteiger partial charge in [0, 0.05) is 19.8 Å². The van der Waals surface area contributed by atoms with Crippen LogP contribution in [0.5, 0.6) is 0 Å². The van der Waals surface area contributed by atoms with E-state index >= 15 is 0 Å². The molecule has 5 heteroatoms. The summed E-state index contributed by atoms with van der Waals surface area (Å²) in [6.45, 7) is 5.62. The number of hydrogen-bond acceptors (Lipinski definition) is 2. The maximum atomic E-state index is 12.2. The number of carboxylic acid groups (broad SMARTS) is 1. The Morgan fingerprint density at radius 3 is 2.53 bits per heavy atom. The second-order valence-corrected chi connectivity index (χ2v) is 4.41. The molecule has 0 atom stereocenters. The standard InChI is InChI=1S/C12H18N2O3/c1-5-14-8-6-7-9(14)10(15)13(4)12(2,3)11(16)17/h6-8H,5H2,1-4H3,(H,16,17). The molecule has 94 valence electrons. The van der Waals surface area contributed by atoms with Gasteiger partial charge in [0.1, 0.15) is 11.2 Å². The minimum Gasteiger partial charge on any atom is -0.480 e. The molecule has 1 rings (SSSR count). The molecule has 5 nitrogen and oxygen atoms in total. The molecule has 0 aliphatic rings. The van der Waals surface area contributed by atoms with E-state index in [0.29, 0.717) is 12.2 Å². The molecule has 1 heterocycles. The zero-order valence-corrected chi connectivity index (χ0v) is 10.6. The van der Waals surface area contributed by atoms with Gasteiger partial charge >= 0.3 is 5.97 Å². The van der Waals surface area contributed by atoms with Crippen LogP contribution in [0.4, 0.5) is 0 Å². The van der Waals surface area contributed by atoms with Crippen LogP contribution in [0.2, 0.25) is 0 Å². The minimum atomic E-state index is -1.22. The molecule has 1 amide bonds. The van der Waals surface area contributed by atoms with Crippen molar-refractivity contribution in [3.8, 4) is 0 Å². The normalized spacial score (nSPS) is 11.3. The van der Waals surface area contributed by atoms with Crippen molar-refractivity contribution in [2.24, 2.45) is 0 Å². The van der Waals surface area contributed by atoms with Gasteiger partial charge in [0.05, 0.1) is 0 Å². The number of carbonyl (C=O) groups is 2. The molecule has 0 saturated carbocycles. The Bertz CT molecular complexity index is 435. The summed E-state index contributed by atoms with van der Waals surface area (Å²) in [4.78, 5) is 24.5. The van der Waals surface area contributed by atoms with Crippen molar-refractivity contribution >= 4 is 11.9 Å². The van der Waals surface area contributed by atoms with Crippen molar-refractivity contribution in [3.63, 3.8) is 0 Å². The predicted molar refractivity (Wildman–Crippen MR) is 63.9 cm³/mol. The first kappa shape index (κ1) is 13.3. The molecule has 17 heavy (non-hydrogen) atoms. The van der Waals surface area contributed by atoms with Crippen molar-refractivity contribution in [2.75, 3.05) is 7.05 Å². The van der Waals surface area contributed by atoms with E-state index in [1.165, 1.54) is 25.8 Å². The van der Waals surface area contributed by atoms with Gasteiger partial charge < -0.3 is 14.6 Å².